The molecule has 0 heterocycles. The fourth-order valence-corrected chi connectivity index (χ4v) is 2.95. The molecule has 0 atom stereocenters. The van der Waals surface area contributed by atoms with Gasteiger partial charge in [0.1, 0.15) is 0 Å². The van der Waals surface area contributed by atoms with Crippen molar-refractivity contribution in [3.63, 3.8) is 0 Å². The smallest absolute Gasteiger partial charge is 0.336 e. The molecule has 146 valence electrons. The summed E-state index contributed by atoms with van der Waals surface area (Å²) in [5.74, 6) is -2.61. The maximum Gasteiger partial charge on any atom is 0.336 e. The van der Waals surface area contributed by atoms with E-state index in [1.807, 2.05) is 0 Å². The van der Waals surface area contributed by atoms with Crippen LogP contribution < -0.4 is 22.9 Å². The van der Waals surface area contributed by atoms with Crippen LogP contribution in [0.3, 0.4) is 0 Å². The van der Waals surface area contributed by atoms with Crippen molar-refractivity contribution in [2.24, 2.45) is 0 Å². The average molecular weight is 390 g/mol. The number of ketones is 2. The molecular formula is C21H18N4O4. The molecule has 0 spiro atoms. The molecule has 0 bridgehead atoms. The Kier molecular flexibility index (Phi) is 4.93. The first-order chi connectivity index (χ1) is 13.7. The van der Waals surface area contributed by atoms with Crippen molar-refractivity contribution < 1.29 is 19.5 Å². The topological polar surface area (TPSA) is 176 Å². The standard InChI is InChI=1S/C21H18N4O4/c22-12-5-1-10(2-6-12)19(26)16-14(21(28)29)9-15(24)17(18(16)25)20(27)11-3-7-13(23)8-4-11/h1-9H,22-25H2,(H,28,29). The highest BCUT2D eigenvalue weighted by Gasteiger charge is 2.28. The van der Waals surface area contributed by atoms with Crippen LogP contribution in [0.25, 0.3) is 0 Å². The maximum absolute atomic E-state index is 13.0. The summed E-state index contributed by atoms with van der Waals surface area (Å²) in [6.07, 6.45) is 0. The average Bonchev–Trinajstić information content (AvgIpc) is 2.68. The lowest BCUT2D eigenvalue weighted by atomic mass is 9.90. The van der Waals surface area contributed by atoms with Crippen molar-refractivity contribution in [2.75, 3.05) is 22.9 Å². The number of carboxylic acids is 1. The van der Waals surface area contributed by atoms with Gasteiger partial charge in [0.05, 0.1) is 22.4 Å². The van der Waals surface area contributed by atoms with Crippen LogP contribution in [0, 0.1) is 0 Å². The van der Waals surface area contributed by atoms with Gasteiger partial charge in [-0.2, -0.15) is 0 Å². The Hall–Kier alpha value is -4.33. The van der Waals surface area contributed by atoms with Gasteiger partial charge in [-0.1, -0.05) is 0 Å². The van der Waals surface area contributed by atoms with Gasteiger partial charge in [-0.05, 0) is 54.6 Å². The molecule has 29 heavy (non-hydrogen) atoms. The first kappa shape index (κ1) is 19.4. The van der Waals surface area contributed by atoms with Gasteiger partial charge < -0.3 is 28.0 Å². The van der Waals surface area contributed by atoms with Gasteiger partial charge in [0.2, 0.25) is 0 Å². The number of hydrogen-bond donors (Lipinski definition) is 5. The van der Waals surface area contributed by atoms with Crippen molar-refractivity contribution in [1.82, 2.24) is 0 Å². The third kappa shape index (κ3) is 3.59. The molecule has 0 aromatic heterocycles. The largest absolute Gasteiger partial charge is 0.478 e. The van der Waals surface area contributed by atoms with Gasteiger partial charge in [0.15, 0.2) is 11.6 Å². The Bertz CT molecular complexity index is 1140. The predicted octanol–water partition coefficient (Wildman–Crippen LogP) is 2.18. The first-order valence-corrected chi connectivity index (χ1v) is 8.46. The number of carboxylic acid groups (broad SMARTS) is 1. The molecule has 0 fully saturated rings. The van der Waals surface area contributed by atoms with Crippen LogP contribution in [-0.2, 0) is 0 Å². The second kappa shape index (κ2) is 7.35. The van der Waals surface area contributed by atoms with Crippen LogP contribution >= 0.6 is 0 Å². The van der Waals surface area contributed by atoms with Crippen LogP contribution in [0.1, 0.15) is 42.2 Å². The molecule has 3 aromatic rings. The molecule has 0 amide bonds. The Balaban J connectivity index is 2.22. The zero-order chi connectivity index (χ0) is 21.3. The molecule has 3 rings (SSSR count). The number of carbonyl (C=O) groups is 3. The molecular weight excluding hydrogens is 372 g/mol. The summed E-state index contributed by atoms with van der Waals surface area (Å²) < 4.78 is 0. The Morgan fingerprint density at radius 2 is 1.07 bits per heavy atom. The van der Waals surface area contributed by atoms with E-state index >= 15 is 0 Å². The molecule has 0 saturated heterocycles. The summed E-state index contributed by atoms with van der Waals surface area (Å²) in [6.45, 7) is 0. The summed E-state index contributed by atoms with van der Waals surface area (Å²) in [5.41, 5.74) is 23.4. The highest BCUT2D eigenvalue weighted by atomic mass is 16.4. The van der Waals surface area contributed by atoms with Gasteiger partial charge in [0.25, 0.3) is 0 Å². The van der Waals surface area contributed by atoms with E-state index in [0.717, 1.165) is 6.07 Å². The number of carbonyl (C=O) groups excluding carboxylic acids is 2. The van der Waals surface area contributed by atoms with Crippen molar-refractivity contribution in [3.8, 4) is 0 Å². The third-order valence-electron chi connectivity index (χ3n) is 4.43. The summed E-state index contributed by atoms with van der Waals surface area (Å²) >= 11 is 0. The van der Waals surface area contributed by atoms with Gasteiger partial charge in [-0.3, -0.25) is 9.59 Å². The predicted molar refractivity (Wildman–Crippen MR) is 111 cm³/mol. The molecule has 8 nitrogen and oxygen atoms in total. The van der Waals surface area contributed by atoms with Gasteiger partial charge in [-0.15, -0.1) is 0 Å². The molecule has 0 aliphatic heterocycles. The van der Waals surface area contributed by atoms with E-state index in [0.29, 0.717) is 11.4 Å². The van der Waals surface area contributed by atoms with Crippen LogP contribution in [0.15, 0.2) is 54.6 Å². The summed E-state index contributed by atoms with van der Waals surface area (Å²) in [7, 11) is 0. The fourth-order valence-electron chi connectivity index (χ4n) is 2.95. The lowest BCUT2D eigenvalue weighted by molar-refractivity contribution is 0.0692. The minimum Gasteiger partial charge on any atom is -0.478 e. The van der Waals surface area contributed by atoms with Gasteiger partial charge in [0, 0.05) is 28.2 Å². The minimum atomic E-state index is -1.39. The number of nitrogens with two attached hydrogens (primary N) is 4. The molecule has 8 heteroatoms. The number of aromatic carboxylic acids is 1. The van der Waals surface area contributed by atoms with Crippen molar-refractivity contribution >= 4 is 40.3 Å². The summed E-state index contributed by atoms with van der Waals surface area (Å²) in [4.78, 5) is 37.7. The monoisotopic (exact) mass is 390 g/mol. The first-order valence-electron chi connectivity index (χ1n) is 8.46. The molecule has 0 unspecified atom stereocenters. The Morgan fingerprint density at radius 1 is 0.655 bits per heavy atom. The Morgan fingerprint density at radius 3 is 1.48 bits per heavy atom. The fraction of sp³-hybridized carbons (Fsp3) is 0. The van der Waals surface area contributed by atoms with Crippen molar-refractivity contribution in [2.45, 2.75) is 0 Å². The van der Waals surface area contributed by atoms with E-state index in [1.54, 1.807) is 0 Å². The minimum absolute atomic E-state index is 0.140. The number of anilines is 4. The zero-order valence-electron chi connectivity index (χ0n) is 15.2. The van der Waals surface area contributed by atoms with Gasteiger partial charge >= 0.3 is 5.97 Å². The second-order valence-electron chi connectivity index (χ2n) is 6.38. The zero-order valence-corrected chi connectivity index (χ0v) is 15.2. The van der Waals surface area contributed by atoms with Gasteiger partial charge in [-0.25, -0.2) is 4.79 Å². The van der Waals surface area contributed by atoms with E-state index in [2.05, 4.69) is 0 Å². The van der Waals surface area contributed by atoms with Crippen LogP contribution in [0.5, 0.6) is 0 Å². The van der Waals surface area contributed by atoms with Crippen molar-refractivity contribution in [3.05, 3.63) is 82.4 Å². The normalized spacial score (nSPS) is 10.5. The lowest BCUT2D eigenvalue weighted by Gasteiger charge is -2.16. The third-order valence-corrected chi connectivity index (χ3v) is 4.43. The molecule has 3 aromatic carbocycles. The highest BCUT2D eigenvalue weighted by Crippen LogP contribution is 2.32. The molecule has 0 saturated carbocycles. The lowest BCUT2D eigenvalue weighted by Crippen LogP contribution is -2.18. The van der Waals surface area contributed by atoms with E-state index in [-0.39, 0.29) is 33.6 Å². The van der Waals surface area contributed by atoms with Crippen LogP contribution in [0.4, 0.5) is 22.7 Å². The summed E-state index contributed by atoms with van der Waals surface area (Å²) in [5, 5.41) is 9.55. The van der Waals surface area contributed by atoms with E-state index in [4.69, 9.17) is 22.9 Å². The van der Waals surface area contributed by atoms with Crippen LogP contribution in [0.2, 0.25) is 0 Å². The van der Waals surface area contributed by atoms with Crippen molar-refractivity contribution in [1.29, 1.82) is 0 Å². The quantitative estimate of drug-likeness (QED) is 0.325. The second-order valence-corrected chi connectivity index (χ2v) is 6.38. The molecule has 0 aliphatic rings. The number of benzene rings is 3. The van der Waals surface area contributed by atoms with E-state index in [9.17, 15) is 19.5 Å². The van der Waals surface area contributed by atoms with E-state index in [1.165, 1.54) is 48.5 Å². The molecule has 9 N–H and O–H groups in total. The molecule has 0 aliphatic carbocycles. The Labute approximate surface area is 165 Å². The number of nitrogen functional groups attached to an aromatic ring is 4. The summed E-state index contributed by atoms with van der Waals surface area (Å²) in [6, 6.07) is 13.0. The van der Waals surface area contributed by atoms with E-state index < -0.39 is 23.1 Å². The number of rotatable bonds is 5. The van der Waals surface area contributed by atoms with Crippen LogP contribution in [-0.4, -0.2) is 22.6 Å². The molecule has 0 radical (unpaired) electrons. The SMILES string of the molecule is Nc1ccc(C(=O)c2c(N)cc(C(=O)O)c(C(=O)c3ccc(N)cc3)c2N)cc1. The highest BCUT2D eigenvalue weighted by molar-refractivity contribution is 6.23. The maximum atomic E-state index is 13.0. The number of hydrogen-bond acceptors (Lipinski definition) is 7.